The molecule has 2 heterocycles. The standard InChI is InChI=1S/C20H23F3N4O2/c1-24-19(26-8-4-14-2-3-17-16(10-14)6-9-28-17)27-12-15-5-7-25-18(11-15)29-13-20(21,22)23/h2-3,5,7,10-11H,4,6,8-9,12-13H2,1H3,(H2,24,26,27). The minimum Gasteiger partial charge on any atom is -0.493 e. The van der Waals surface area contributed by atoms with Crippen LogP contribution in [0.1, 0.15) is 16.7 Å². The number of fused-ring (bicyclic) bond motifs is 1. The minimum atomic E-state index is -4.40. The molecular formula is C20H23F3N4O2. The van der Waals surface area contributed by atoms with E-state index in [0.29, 0.717) is 19.0 Å². The van der Waals surface area contributed by atoms with Crippen LogP contribution in [0.3, 0.4) is 0 Å². The van der Waals surface area contributed by atoms with E-state index in [0.717, 1.165) is 30.8 Å². The molecule has 0 bridgehead atoms. The van der Waals surface area contributed by atoms with Gasteiger partial charge in [0.05, 0.1) is 6.61 Å². The molecule has 1 aliphatic heterocycles. The number of hydrogen-bond donors (Lipinski definition) is 2. The first-order valence-electron chi connectivity index (χ1n) is 9.26. The Morgan fingerprint density at radius 2 is 2.07 bits per heavy atom. The van der Waals surface area contributed by atoms with Gasteiger partial charge < -0.3 is 20.1 Å². The third kappa shape index (κ3) is 6.55. The highest BCUT2D eigenvalue weighted by atomic mass is 19.4. The highest BCUT2D eigenvalue weighted by Crippen LogP contribution is 2.25. The fraction of sp³-hybridized carbons (Fsp3) is 0.400. The van der Waals surface area contributed by atoms with E-state index in [9.17, 15) is 13.2 Å². The van der Waals surface area contributed by atoms with Crippen LogP contribution in [-0.2, 0) is 19.4 Å². The second-order valence-corrected chi connectivity index (χ2v) is 6.55. The summed E-state index contributed by atoms with van der Waals surface area (Å²) >= 11 is 0. The molecule has 156 valence electrons. The number of pyridine rings is 1. The average molecular weight is 408 g/mol. The summed E-state index contributed by atoms with van der Waals surface area (Å²) in [7, 11) is 1.66. The monoisotopic (exact) mass is 408 g/mol. The summed E-state index contributed by atoms with van der Waals surface area (Å²) in [6, 6.07) is 9.40. The van der Waals surface area contributed by atoms with Gasteiger partial charge in [-0.1, -0.05) is 12.1 Å². The lowest BCUT2D eigenvalue weighted by atomic mass is 10.1. The van der Waals surface area contributed by atoms with E-state index < -0.39 is 12.8 Å². The number of aromatic nitrogens is 1. The van der Waals surface area contributed by atoms with Crippen LogP contribution in [0.5, 0.6) is 11.6 Å². The zero-order valence-corrected chi connectivity index (χ0v) is 16.1. The Labute approximate surface area is 167 Å². The highest BCUT2D eigenvalue weighted by Gasteiger charge is 2.28. The van der Waals surface area contributed by atoms with E-state index in [2.05, 4.69) is 37.5 Å². The van der Waals surface area contributed by atoms with Gasteiger partial charge in [-0.05, 0) is 35.2 Å². The zero-order chi connectivity index (χ0) is 20.7. The number of benzene rings is 1. The summed E-state index contributed by atoms with van der Waals surface area (Å²) in [6.45, 7) is 0.441. The summed E-state index contributed by atoms with van der Waals surface area (Å²) in [5.41, 5.74) is 3.20. The third-order valence-corrected chi connectivity index (χ3v) is 4.33. The molecule has 0 aliphatic carbocycles. The number of alkyl halides is 3. The molecule has 0 saturated carbocycles. The predicted molar refractivity (Wildman–Crippen MR) is 103 cm³/mol. The van der Waals surface area contributed by atoms with Gasteiger partial charge in [0, 0.05) is 38.8 Å². The van der Waals surface area contributed by atoms with Gasteiger partial charge in [-0.2, -0.15) is 13.2 Å². The summed E-state index contributed by atoms with van der Waals surface area (Å²) in [5.74, 6) is 1.50. The molecule has 9 heteroatoms. The lowest BCUT2D eigenvalue weighted by molar-refractivity contribution is -0.154. The maximum atomic E-state index is 12.3. The molecule has 0 spiro atoms. The van der Waals surface area contributed by atoms with Gasteiger partial charge >= 0.3 is 6.18 Å². The molecule has 0 radical (unpaired) electrons. The number of aliphatic imine (C=N–C) groups is 1. The number of ether oxygens (including phenoxy) is 2. The van der Waals surface area contributed by atoms with Crippen molar-refractivity contribution < 1.29 is 22.6 Å². The van der Waals surface area contributed by atoms with Crippen molar-refractivity contribution in [3.8, 4) is 11.6 Å². The minimum absolute atomic E-state index is 0.0647. The number of hydrogen-bond acceptors (Lipinski definition) is 4. The summed E-state index contributed by atoms with van der Waals surface area (Å²) in [4.78, 5) is 7.95. The molecule has 0 unspecified atom stereocenters. The fourth-order valence-corrected chi connectivity index (χ4v) is 2.92. The summed E-state index contributed by atoms with van der Waals surface area (Å²) in [5, 5.41) is 6.35. The van der Waals surface area contributed by atoms with Crippen molar-refractivity contribution in [1.82, 2.24) is 15.6 Å². The predicted octanol–water partition coefficient (Wildman–Crippen LogP) is 2.87. The lowest BCUT2D eigenvalue weighted by Crippen LogP contribution is -2.37. The van der Waals surface area contributed by atoms with E-state index in [1.165, 1.54) is 23.4 Å². The molecule has 0 amide bonds. The van der Waals surface area contributed by atoms with Crippen molar-refractivity contribution in [2.45, 2.75) is 25.6 Å². The van der Waals surface area contributed by atoms with Crippen LogP contribution < -0.4 is 20.1 Å². The van der Waals surface area contributed by atoms with Crippen molar-refractivity contribution in [3.05, 3.63) is 53.2 Å². The largest absolute Gasteiger partial charge is 0.493 e. The first-order chi connectivity index (χ1) is 13.9. The van der Waals surface area contributed by atoms with Gasteiger partial charge in [-0.3, -0.25) is 4.99 Å². The fourth-order valence-electron chi connectivity index (χ4n) is 2.92. The molecule has 2 aromatic rings. The van der Waals surface area contributed by atoms with Crippen molar-refractivity contribution >= 4 is 5.96 Å². The van der Waals surface area contributed by atoms with Gasteiger partial charge in [-0.15, -0.1) is 0 Å². The molecule has 1 aromatic carbocycles. The molecule has 1 aliphatic rings. The van der Waals surface area contributed by atoms with Gasteiger partial charge in [0.15, 0.2) is 12.6 Å². The number of rotatable bonds is 7. The third-order valence-electron chi connectivity index (χ3n) is 4.33. The van der Waals surface area contributed by atoms with Crippen molar-refractivity contribution in [2.24, 2.45) is 4.99 Å². The summed E-state index contributed by atoms with van der Waals surface area (Å²) < 4.78 is 46.9. The Morgan fingerprint density at radius 3 is 2.86 bits per heavy atom. The van der Waals surface area contributed by atoms with E-state index in [1.807, 2.05) is 6.07 Å². The maximum absolute atomic E-state index is 12.3. The molecule has 0 saturated heterocycles. The molecule has 3 rings (SSSR count). The molecule has 1 aromatic heterocycles. The Kier molecular flexibility index (Phi) is 6.79. The topological polar surface area (TPSA) is 67.8 Å². The first kappa shape index (κ1) is 20.8. The highest BCUT2D eigenvalue weighted by molar-refractivity contribution is 5.79. The van der Waals surface area contributed by atoms with Crippen LogP contribution in [0.15, 0.2) is 41.5 Å². The van der Waals surface area contributed by atoms with Gasteiger partial charge in [0.25, 0.3) is 0 Å². The van der Waals surface area contributed by atoms with Crippen LogP contribution in [0.25, 0.3) is 0 Å². The molecule has 0 atom stereocenters. The number of nitrogens with zero attached hydrogens (tertiary/aromatic N) is 2. The van der Waals surface area contributed by atoms with Crippen LogP contribution in [-0.4, -0.2) is 43.9 Å². The SMILES string of the molecule is CN=C(NCCc1ccc2c(c1)CCO2)NCc1ccnc(OCC(F)(F)F)c1. The van der Waals surface area contributed by atoms with Crippen molar-refractivity contribution in [2.75, 3.05) is 26.8 Å². The molecule has 2 N–H and O–H groups in total. The second-order valence-electron chi connectivity index (χ2n) is 6.55. The van der Waals surface area contributed by atoms with Gasteiger partial charge in [0.1, 0.15) is 5.75 Å². The van der Waals surface area contributed by atoms with Gasteiger partial charge in [-0.25, -0.2) is 4.98 Å². The number of halogens is 3. The van der Waals surface area contributed by atoms with E-state index in [1.54, 1.807) is 13.1 Å². The Balaban J connectivity index is 1.44. The zero-order valence-electron chi connectivity index (χ0n) is 16.1. The van der Waals surface area contributed by atoms with E-state index in [4.69, 9.17) is 4.74 Å². The lowest BCUT2D eigenvalue weighted by Gasteiger charge is -2.13. The van der Waals surface area contributed by atoms with Crippen LogP contribution in [0.4, 0.5) is 13.2 Å². The van der Waals surface area contributed by atoms with E-state index in [-0.39, 0.29) is 5.88 Å². The van der Waals surface area contributed by atoms with E-state index >= 15 is 0 Å². The quantitative estimate of drug-likeness (QED) is 0.545. The smallest absolute Gasteiger partial charge is 0.422 e. The number of guanidine groups is 1. The number of nitrogens with one attached hydrogen (secondary N) is 2. The second kappa shape index (κ2) is 9.49. The normalized spacial score (nSPS) is 13.6. The van der Waals surface area contributed by atoms with Crippen LogP contribution >= 0.6 is 0 Å². The van der Waals surface area contributed by atoms with Gasteiger partial charge in [0.2, 0.25) is 5.88 Å². The Bertz CT molecular complexity index is 856. The summed E-state index contributed by atoms with van der Waals surface area (Å²) in [6.07, 6.45) is -1.21. The molecular weight excluding hydrogens is 385 g/mol. The average Bonchev–Trinajstić information content (AvgIpc) is 3.16. The van der Waals surface area contributed by atoms with Crippen LogP contribution in [0.2, 0.25) is 0 Å². The molecule has 0 fully saturated rings. The van der Waals surface area contributed by atoms with Crippen molar-refractivity contribution in [1.29, 1.82) is 0 Å². The first-order valence-corrected chi connectivity index (χ1v) is 9.26. The molecule has 29 heavy (non-hydrogen) atoms. The Morgan fingerprint density at radius 1 is 1.21 bits per heavy atom. The van der Waals surface area contributed by atoms with Crippen LogP contribution in [0, 0.1) is 0 Å². The Hall–Kier alpha value is -2.97. The van der Waals surface area contributed by atoms with Crippen molar-refractivity contribution in [3.63, 3.8) is 0 Å². The molecule has 6 nitrogen and oxygen atoms in total. The maximum Gasteiger partial charge on any atom is 0.422 e.